The first-order chi connectivity index (χ1) is 9.87. The van der Waals surface area contributed by atoms with Gasteiger partial charge in [-0.3, -0.25) is 4.79 Å². The number of nitrogen functional groups attached to an aromatic ring is 1. The molecular weight excluding hydrogens is 301 g/mol. The second-order valence-corrected chi connectivity index (χ2v) is 6.37. The normalized spacial score (nSPS) is 20.2. The molecule has 0 aromatic heterocycles. The SMILES string of the molecule is CNC(=O)C1COCCN1S(=O)(=O)c1ccc(N)cc1F. The first-order valence-electron chi connectivity index (χ1n) is 6.24. The van der Waals surface area contributed by atoms with Gasteiger partial charge in [0.25, 0.3) is 0 Å². The number of morpholine rings is 1. The predicted molar refractivity (Wildman–Crippen MR) is 73.4 cm³/mol. The maximum Gasteiger partial charge on any atom is 0.246 e. The van der Waals surface area contributed by atoms with Crippen LogP contribution in [0.3, 0.4) is 0 Å². The number of rotatable bonds is 3. The average Bonchev–Trinajstić information content (AvgIpc) is 2.46. The number of amides is 1. The number of carbonyl (C=O) groups excluding carboxylic acids is 1. The minimum absolute atomic E-state index is 0.0236. The summed E-state index contributed by atoms with van der Waals surface area (Å²) in [6.07, 6.45) is 0. The van der Waals surface area contributed by atoms with Crippen LogP contribution in [0.4, 0.5) is 10.1 Å². The van der Waals surface area contributed by atoms with Gasteiger partial charge in [0, 0.05) is 19.3 Å². The lowest BCUT2D eigenvalue weighted by molar-refractivity contribution is -0.128. The monoisotopic (exact) mass is 317 g/mol. The Labute approximate surface area is 121 Å². The number of ether oxygens (including phenoxy) is 1. The van der Waals surface area contributed by atoms with Crippen LogP contribution >= 0.6 is 0 Å². The van der Waals surface area contributed by atoms with Crippen molar-refractivity contribution in [3.63, 3.8) is 0 Å². The van der Waals surface area contributed by atoms with E-state index in [1.807, 2.05) is 0 Å². The molecule has 0 saturated carbocycles. The highest BCUT2D eigenvalue weighted by atomic mass is 32.2. The van der Waals surface area contributed by atoms with E-state index in [2.05, 4.69) is 5.32 Å². The van der Waals surface area contributed by atoms with Crippen molar-refractivity contribution in [2.24, 2.45) is 0 Å². The smallest absolute Gasteiger partial charge is 0.246 e. The van der Waals surface area contributed by atoms with Crippen molar-refractivity contribution in [2.45, 2.75) is 10.9 Å². The number of carbonyl (C=O) groups is 1. The average molecular weight is 317 g/mol. The topological polar surface area (TPSA) is 102 Å². The van der Waals surface area contributed by atoms with Crippen LogP contribution in [0.25, 0.3) is 0 Å². The second kappa shape index (κ2) is 5.96. The number of hydrogen-bond donors (Lipinski definition) is 2. The third-order valence-electron chi connectivity index (χ3n) is 3.17. The van der Waals surface area contributed by atoms with Crippen LogP contribution in [0.15, 0.2) is 23.1 Å². The Morgan fingerprint density at radius 2 is 2.24 bits per heavy atom. The van der Waals surface area contributed by atoms with Crippen molar-refractivity contribution >= 4 is 21.6 Å². The van der Waals surface area contributed by atoms with Gasteiger partial charge in [0.1, 0.15) is 16.8 Å². The summed E-state index contributed by atoms with van der Waals surface area (Å²) >= 11 is 0. The molecule has 1 atom stereocenters. The highest BCUT2D eigenvalue weighted by Gasteiger charge is 2.39. The largest absolute Gasteiger partial charge is 0.399 e. The zero-order valence-corrected chi connectivity index (χ0v) is 12.2. The van der Waals surface area contributed by atoms with Crippen molar-refractivity contribution in [1.29, 1.82) is 0 Å². The molecule has 1 aromatic carbocycles. The van der Waals surface area contributed by atoms with Gasteiger partial charge in [-0.1, -0.05) is 0 Å². The van der Waals surface area contributed by atoms with Gasteiger partial charge in [0.15, 0.2) is 0 Å². The van der Waals surface area contributed by atoms with Gasteiger partial charge in [-0.05, 0) is 18.2 Å². The van der Waals surface area contributed by atoms with Gasteiger partial charge in [0.2, 0.25) is 15.9 Å². The number of nitrogens with two attached hydrogens (primary N) is 1. The lowest BCUT2D eigenvalue weighted by Gasteiger charge is -2.33. The number of hydrogen-bond acceptors (Lipinski definition) is 5. The fourth-order valence-corrected chi connectivity index (χ4v) is 3.71. The van der Waals surface area contributed by atoms with Crippen LogP contribution in [0.5, 0.6) is 0 Å². The number of nitrogens with zero attached hydrogens (tertiary/aromatic N) is 1. The minimum atomic E-state index is -4.15. The maximum absolute atomic E-state index is 13.9. The zero-order valence-electron chi connectivity index (χ0n) is 11.4. The van der Waals surface area contributed by atoms with Crippen LogP contribution in [-0.4, -0.2) is 51.5 Å². The van der Waals surface area contributed by atoms with Gasteiger partial charge < -0.3 is 15.8 Å². The van der Waals surface area contributed by atoms with Crippen molar-refractivity contribution in [3.05, 3.63) is 24.0 Å². The predicted octanol–water partition coefficient (Wildman–Crippen LogP) is -0.457. The molecule has 7 nitrogen and oxygen atoms in total. The van der Waals surface area contributed by atoms with Gasteiger partial charge in [-0.25, -0.2) is 12.8 Å². The van der Waals surface area contributed by atoms with E-state index in [0.29, 0.717) is 0 Å². The summed E-state index contributed by atoms with van der Waals surface area (Å²) < 4.78 is 45.1. The van der Waals surface area contributed by atoms with E-state index in [1.54, 1.807) is 0 Å². The quantitative estimate of drug-likeness (QED) is 0.735. The van der Waals surface area contributed by atoms with Crippen molar-refractivity contribution in [2.75, 3.05) is 32.5 Å². The van der Waals surface area contributed by atoms with Crippen LogP contribution in [0.1, 0.15) is 0 Å². The molecule has 1 aliphatic heterocycles. The Morgan fingerprint density at radius 1 is 1.52 bits per heavy atom. The standard InChI is InChI=1S/C12H16FN3O4S/c1-15-12(17)10-7-20-5-4-16(10)21(18,19)11-3-2-8(14)6-9(11)13/h2-3,6,10H,4-5,7,14H2,1H3,(H,15,17). The Hall–Kier alpha value is -1.71. The Bertz CT molecular complexity index is 650. The lowest BCUT2D eigenvalue weighted by atomic mass is 10.2. The van der Waals surface area contributed by atoms with Gasteiger partial charge in [-0.15, -0.1) is 0 Å². The van der Waals surface area contributed by atoms with E-state index in [9.17, 15) is 17.6 Å². The fraction of sp³-hybridized carbons (Fsp3) is 0.417. The molecule has 1 unspecified atom stereocenters. The van der Waals surface area contributed by atoms with Crippen LogP contribution in [0.2, 0.25) is 0 Å². The highest BCUT2D eigenvalue weighted by Crippen LogP contribution is 2.24. The molecule has 9 heteroatoms. The summed E-state index contributed by atoms with van der Waals surface area (Å²) in [6.45, 7) is 0.0447. The molecule has 3 N–H and O–H groups in total. The van der Waals surface area contributed by atoms with Gasteiger partial charge in [-0.2, -0.15) is 4.31 Å². The molecule has 116 valence electrons. The maximum atomic E-state index is 13.9. The first-order valence-corrected chi connectivity index (χ1v) is 7.68. The van der Waals surface area contributed by atoms with E-state index in [0.717, 1.165) is 16.4 Å². The molecule has 21 heavy (non-hydrogen) atoms. The van der Waals surface area contributed by atoms with E-state index in [1.165, 1.54) is 13.1 Å². The number of likely N-dealkylation sites (N-methyl/N-ethyl adjacent to an activating group) is 1. The molecule has 1 heterocycles. The molecule has 0 aliphatic carbocycles. The second-order valence-electron chi connectivity index (χ2n) is 4.51. The first kappa shape index (κ1) is 15.7. The summed E-state index contributed by atoms with van der Waals surface area (Å²) in [4.78, 5) is 11.3. The van der Waals surface area contributed by atoms with Crippen molar-refractivity contribution < 1.29 is 22.3 Å². The highest BCUT2D eigenvalue weighted by molar-refractivity contribution is 7.89. The molecule has 0 bridgehead atoms. The van der Waals surface area contributed by atoms with E-state index >= 15 is 0 Å². The van der Waals surface area contributed by atoms with E-state index in [4.69, 9.17) is 10.5 Å². The summed E-state index contributed by atoms with van der Waals surface area (Å²) in [5, 5.41) is 2.37. The summed E-state index contributed by atoms with van der Waals surface area (Å²) in [5.41, 5.74) is 5.54. The van der Waals surface area contributed by atoms with E-state index in [-0.39, 0.29) is 25.4 Å². The number of sulfonamides is 1. The van der Waals surface area contributed by atoms with Crippen molar-refractivity contribution in [1.82, 2.24) is 9.62 Å². The lowest BCUT2D eigenvalue weighted by Crippen LogP contribution is -2.55. The van der Waals surface area contributed by atoms with Crippen molar-refractivity contribution in [3.8, 4) is 0 Å². The summed E-state index contributed by atoms with van der Waals surface area (Å²) in [6, 6.07) is 2.30. The number of benzene rings is 1. The third-order valence-corrected chi connectivity index (χ3v) is 5.11. The third kappa shape index (κ3) is 2.99. The van der Waals surface area contributed by atoms with E-state index < -0.39 is 32.7 Å². The Balaban J connectivity index is 2.43. The zero-order chi connectivity index (χ0) is 15.6. The summed E-state index contributed by atoms with van der Waals surface area (Å²) in [7, 11) is -2.76. The molecule has 0 radical (unpaired) electrons. The minimum Gasteiger partial charge on any atom is -0.399 e. The Morgan fingerprint density at radius 3 is 2.86 bits per heavy atom. The molecule has 1 aliphatic rings. The molecule has 1 saturated heterocycles. The Kier molecular flexibility index (Phi) is 4.45. The van der Waals surface area contributed by atoms with Crippen LogP contribution in [-0.2, 0) is 19.6 Å². The number of anilines is 1. The molecule has 2 rings (SSSR count). The summed E-state index contributed by atoms with van der Waals surface area (Å²) in [5.74, 6) is -1.45. The van der Waals surface area contributed by atoms with Gasteiger partial charge >= 0.3 is 0 Å². The molecular formula is C12H16FN3O4S. The van der Waals surface area contributed by atoms with Crippen LogP contribution in [0, 0.1) is 5.82 Å². The number of halogens is 1. The molecule has 1 fully saturated rings. The fourth-order valence-electron chi connectivity index (χ4n) is 2.10. The molecule has 1 aromatic rings. The van der Waals surface area contributed by atoms with Gasteiger partial charge in [0.05, 0.1) is 13.2 Å². The van der Waals surface area contributed by atoms with Crippen LogP contribution < -0.4 is 11.1 Å². The molecule has 0 spiro atoms. The number of nitrogens with one attached hydrogen (secondary N) is 1. The molecule has 1 amide bonds.